The molecule has 0 aromatic carbocycles. The van der Waals surface area contributed by atoms with Crippen LogP contribution in [0.4, 0.5) is 0 Å². The average molecular weight is 297 g/mol. The summed E-state index contributed by atoms with van der Waals surface area (Å²) in [5.41, 5.74) is 6.17. The second kappa shape index (κ2) is 5.40. The predicted molar refractivity (Wildman–Crippen MR) is 73.4 cm³/mol. The van der Waals surface area contributed by atoms with E-state index in [9.17, 15) is 8.42 Å². The number of rotatable bonds is 3. The number of aromatic nitrogens is 1. The van der Waals surface area contributed by atoms with Crippen LogP contribution < -0.4 is 5.73 Å². The van der Waals surface area contributed by atoms with Gasteiger partial charge in [-0.3, -0.25) is 4.98 Å². The highest BCUT2D eigenvalue weighted by Gasteiger charge is 2.42. The van der Waals surface area contributed by atoms with Gasteiger partial charge in [-0.15, -0.1) is 0 Å². The molecule has 0 radical (unpaired) electrons. The number of pyridine rings is 1. The largest absolute Gasteiger partial charge is 0.375 e. The van der Waals surface area contributed by atoms with Gasteiger partial charge in [-0.25, -0.2) is 8.42 Å². The number of morpholine rings is 1. The van der Waals surface area contributed by atoms with E-state index in [2.05, 4.69) is 4.98 Å². The van der Waals surface area contributed by atoms with Gasteiger partial charge in [-0.2, -0.15) is 4.31 Å². The Balaban J connectivity index is 1.89. The second-order valence-electron chi connectivity index (χ2n) is 5.21. The van der Waals surface area contributed by atoms with Crippen LogP contribution in [-0.4, -0.2) is 43.0 Å². The lowest BCUT2D eigenvalue weighted by atomic mass is 10.2. The quantitative estimate of drug-likeness (QED) is 0.877. The van der Waals surface area contributed by atoms with Crippen LogP contribution in [0.15, 0.2) is 23.2 Å². The SMILES string of the molecule is NCc1ccc(S(=O)(=O)N2CCOC3CCCC32)cn1. The Morgan fingerprint density at radius 1 is 1.40 bits per heavy atom. The summed E-state index contributed by atoms with van der Waals surface area (Å²) < 4.78 is 32.7. The fraction of sp³-hybridized carbons (Fsp3) is 0.615. The molecule has 6 nitrogen and oxygen atoms in total. The summed E-state index contributed by atoms with van der Waals surface area (Å²) in [7, 11) is -3.49. The van der Waals surface area contributed by atoms with Crippen LogP contribution >= 0.6 is 0 Å². The fourth-order valence-electron chi connectivity index (χ4n) is 3.01. The molecular formula is C13H19N3O3S. The normalized spacial score (nSPS) is 27.4. The third-order valence-corrected chi connectivity index (χ3v) is 5.95. The molecule has 2 heterocycles. The second-order valence-corrected chi connectivity index (χ2v) is 7.10. The van der Waals surface area contributed by atoms with E-state index >= 15 is 0 Å². The molecule has 2 aliphatic rings. The molecule has 2 atom stereocenters. The van der Waals surface area contributed by atoms with Gasteiger partial charge >= 0.3 is 0 Å². The van der Waals surface area contributed by atoms with Crippen LogP contribution in [-0.2, 0) is 21.3 Å². The van der Waals surface area contributed by atoms with Crippen LogP contribution in [0.3, 0.4) is 0 Å². The van der Waals surface area contributed by atoms with Crippen molar-refractivity contribution in [3.8, 4) is 0 Å². The molecule has 2 N–H and O–H groups in total. The zero-order valence-electron chi connectivity index (χ0n) is 11.2. The Hall–Kier alpha value is -1.02. The van der Waals surface area contributed by atoms with E-state index < -0.39 is 10.0 Å². The van der Waals surface area contributed by atoms with Gasteiger partial charge in [-0.1, -0.05) is 0 Å². The zero-order valence-corrected chi connectivity index (χ0v) is 12.1. The topological polar surface area (TPSA) is 85.5 Å². The molecule has 1 saturated heterocycles. The molecule has 110 valence electrons. The lowest BCUT2D eigenvalue weighted by Crippen LogP contribution is -2.51. The van der Waals surface area contributed by atoms with E-state index in [1.54, 1.807) is 16.4 Å². The number of hydrogen-bond donors (Lipinski definition) is 1. The number of sulfonamides is 1. The van der Waals surface area contributed by atoms with Crippen molar-refractivity contribution in [1.82, 2.24) is 9.29 Å². The number of hydrogen-bond acceptors (Lipinski definition) is 5. The Morgan fingerprint density at radius 3 is 2.95 bits per heavy atom. The molecule has 1 aliphatic carbocycles. The van der Waals surface area contributed by atoms with Gasteiger partial charge in [0.15, 0.2) is 0 Å². The fourth-order valence-corrected chi connectivity index (χ4v) is 4.62. The molecule has 0 spiro atoms. The van der Waals surface area contributed by atoms with Crippen molar-refractivity contribution < 1.29 is 13.2 Å². The minimum atomic E-state index is -3.49. The average Bonchev–Trinajstić information content (AvgIpc) is 2.95. The van der Waals surface area contributed by atoms with Gasteiger partial charge in [0.2, 0.25) is 10.0 Å². The first kappa shape index (κ1) is 13.9. The van der Waals surface area contributed by atoms with Gasteiger partial charge in [0.05, 0.1) is 24.4 Å². The first-order valence-corrected chi connectivity index (χ1v) is 8.35. The Kier molecular flexibility index (Phi) is 3.76. The maximum absolute atomic E-state index is 12.7. The first-order valence-electron chi connectivity index (χ1n) is 6.91. The molecule has 0 amide bonds. The van der Waals surface area contributed by atoms with E-state index in [-0.39, 0.29) is 17.0 Å². The first-order chi connectivity index (χ1) is 9.63. The van der Waals surface area contributed by atoms with Gasteiger partial charge in [0, 0.05) is 19.3 Å². The summed E-state index contributed by atoms with van der Waals surface area (Å²) in [6.07, 6.45) is 4.29. The lowest BCUT2D eigenvalue weighted by molar-refractivity contribution is -0.0241. The van der Waals surface area contributed by atoms with Crippen molar-refractivity contribution >= 4 is 10.0 Å². The van der Waals surface area contributed by atoms with Crippen LogP contribution in [0.5, 0.6) is 0 Å². The van der Waals surface area contributed by atoms with Crippen LogP contribution in [0.2, 0.25) is 0 Å². The highest BCUT2D eigenvalue weighted by atomic mass is 32.2. The Morgan fingerprint density at radius 2 is 2.25 bits per heavy atom. The summed E-state index contributed by atoms with van der Waals surface area (Å²) in [4.78, 5) is 4.32. The van der Waals surface area contributed by atoms with Crippen LogP contribution in [0.25, 0.3) is 0 Å². The molecule has 7 heteroatoms. The van der Waals surface area contributed by atoms with Crippen LogP contribution in [0.1, 0.15) is 25.0 Å². The van der Waals surface area contributed by atoms with E-state index in [0.717, 1.165) is 19.3 Å². The van der Waals surface area contributed by atoms with Crippen molar-refractivity contribution in [3.05, 3.63) is 24.0 Å². The van der Waals surface area contributed by atoms with Crippen molar-refractivity contribution in [2.24, 2.45) is 5.73 Å². The molecule has 1 aromatic rings. The molecule has 1 aliphatic heterocycles. The van der Waals surface area contributed by atoms with Crippen molar-refractivity contribution in [2.45, 2.75) is 42.8 Å². The maximum Gasteiger partial charge on any atom is 0.245 e. The highest BCUT2D eigenvalue weighted by molar-refractivity contribution is 7.89. The zero-order chi connectivity index (χ0) is 14.2. The number of nitrogens with two attached hydrogens (primary N) is 1. The van der Waals surface area contributed by atoms with Gasteiger partial charge in [0.1, 0.15) is 4.90 Å². The third-order valence-electron chi connectivity index (χ3n) is 4.04. The van der Waals surface area contributed by atoms with Crippen molar-refractivity contribution in [2.75, 3.05) is 13.2 Å². The minimum Gasteiger partial charge on any atom is -0.375 e. The standard InChI is InChI=1S/C13H19N3O3S/c14-8-10-4-5-11(9-15-10)20(17,18)16-6-7-19-13-3-1-2-12(13)16/h4-5,9,12-13H,1-3,6-8,14H2. The van der Waals surface area contributed by atoms with Crippen LogP contribution in [0, 0.1) is 0 Å². The Labute approximate surface area is 119 Å². The highest BCUT2D eigenvalue weighted by Crippen LogP contribution is 2.33. The van der Waals surface area contributed by atoms with E-state index in [1.807, 2.05) is 0 Å². The minimum absolute atomic E-state index is 0.0251. The van der Waals surface area contributed by atoms with E-state index in [1.165, 1.54) is 6.20 Å². The summed E-state index contributed by atoms with van der Waals surface area (Å²) in [6, 6.07) is 3.23. The molecule has 2 unspecified atom stereocenters. The molecule has 0 bridgehead atoms. The number of nitrogens with zero attached hydrogens (tertiary/aromatic N) is 2. The van der Waals surface area contributed by atoms with E-state index in [0.29, 0.717) is 25.4 Å². The molecule has 2 fully saturated rings. The lowest BCUT2D eigenvalue weighted by Gasteiger charge is -2.36. The van der Waals surface area contributed by atoms with Gasteiger partial charge in [0.25, 0.3) is 0 Å². The smallest absolute Gasteiger partial charge is 0.245 e. The van der Waals surface area contributed by atoms with Crippen molar-refractivity contribution in [1.29, 1.82) is 0 Å². The molecule has 1 saturated carbocycles. The summed E-state index contributed by atoms with van der Waals surface area (Å²) in [5.74, 6) is 0. The number of ether oxygens (including phenoxy) is 1. The molecular weight excluding hydrogens is 278 g/mol. The predicted octanol–water partition coefficient (Wildman–Crippen LogP) is 0.482. The summed E-state index contributed by atoms with van der Waals surface area (Å²) in [6.45, 7) is 1.19. The molecule has 1 aromatic heterocycles. The summed E-state index contributed by atoms with van der Waals surface area (Å²) >= 11 is 0. The molecule has 3 rings (SSSR count). The van der Waals surface area contributed by atoms with E-state index in [4.69, 9.17) is 10.5 Å². The van der Waals surface area contributed by atoms with Gasteiger partial charge in [-0.05, 0) is 31.4 Å². The maximum atomic E-state index is 12.7. The van der Waals surface area contributed by atoms with Gasteiger partial charge < -0.3 is 10.5 Å². The van der Waals surface area contributed by atoms with Crippen molar-refractivity contribution in [3.63, 3.8) is 0 Å². The summed E-state index contributed by atoms with van der Waals surface area (Å²) in [5, 5.41) is 0. The molecule has 20 heavy (non-hydrogen) atoms. The number of fused-ring (bicyclic) bond motifs is 1. The monoisotopic (exact) mass is 297 g/mol. The third kappa shape index (κ3) is 2.35. The Bertz CT molecular complexity index is 573.